The fraction of sp³-hybridized carbons (Fsp3) is 0.600. The van der Waals surface area contributed by atoms with Gasteiger partial charge in [-0.3, -0.25) is 0 Å². The van der Waals surface area contributed by atoms with Crippen molar-refractivity contribution in [1.29, 1.82) is 0 Å². The molecule has 2 rings (SSSR count). The predicted molar refractivity (Wildman–Crippen MR) is 76.2 cm³/mol. The Labute approximate surface area is 115 Å². The number of benzene rings is 1. The van der Waals surface area contributed by atoms with Crippen molar-refractivity contribution in [1.82, 2.24) is 0 Å². The van der Waals surface area contributed by atoms with Gasteiger partial charge in [0.2, 0.25) is 0 Å². The maximum absolute atomic E-state index is 5.63. The third-order valence-corrected chi connectivity index (χ3v) is 3.14. The molecule has 0 amide bonds. The topological polar surface area (TPSA) is 39.7 Å². The van der Waals surface area contributed by atoms with Crippen LogP contribution in [0, 0.1) is 0 Å². The average Bonchev–Trinajstić information content (AvgIpc) is 2.43. The fourth-order valence-corrected chi connectivity index (χ4v) is 2.22. The van der Waals surface area contributed by atoms with Crippen molar-refractivity contribution >= 4 is 5.69 Å². The van der Waals surface area contributed by atoms with Crippen LogP contribution in [0.25, 0.3) is 0 Å². The second-order valence-corrected chi connectivity index (χ2v) is 4.56. The molecule has 1 aliphatic rings. The Morgan fingerprint density at radius 3 is 2.47 bits per heavy atom. The van der Waals surface area contributed by atoms with Crippen molar-refractivity contribution in [2.75, 3.05) is 31.7 Å². The SMILES string of the molecule is CCOc1ccc(NC2CCOCC2)cc1OCC. The second-order valence-electron chi connectivity index (χ2n) is 4.56. The van der Waals surface area contributed by atoms with Crippen molar-refractivity contribution in [3.05, 3.63) is 18.2 Å². The summed E-state index contributed by atoms with van der Waals surface area (Å²) in [4.78, 5) is 0. The van der Waals surface area contributed by atoms with E-state index in [9.17, 15) is 0 Å². The maximum atomic E-state index is 5.63. The van der Waals surface area contributed by atoms with Gasteiger partial charge in [0.1, 0.15) is 0 Å². The molecule has 0 aliphatic carbocycles. The predicted octanol–water partition coefficient (Wildman–Crippen LogP) is 3.07. The molecule has 1 aromatic rings. The summed E-state index contributed by atoms with van der Waals surface area (Å²) >= 11 is 0. The standard InChI is InChI=1S/C15H23NO3/c1-3-18-14-6-5-13(11-15(14)19-4-2)16-12-7-9-17-10-8-12/h5-6,11-12,16H,3-4,7-10H2,1-2H3. The zero-order chi connectivity index (χ0) is 13.5. The minimum atomic E-state index is 0.487. The summed E-state index contributed by atoms with van der Waals surface area (Å²) in [7, 11) is 0. The van der Waals surface area contributed by atoms with Gasteiger partial charge in [0.05, 0.1) is 13.2 Å². The molecule has 4 heteroatoms. The highest BCUT2D eigenvalue weighted by molar-refractivity contribution is 5.55. The van der Waals surface area contributed by atoms with Gasteiger partial charge in [-0.15, -0.1) is 0 Å². The molecule has 0 spiro atoms. The van der Waals surface area contributed by atoms with Gasteiger partial charge in [0.15, 0.2) is 11.5 Å². The van der Waals surface area contributed by atoms with Gasteiger partial charge in [0.25, 0.3) is 0 Å². The molecule has 1 fully saturated rings. The number of anilines is 1. The summed E-state index contributed by atoms with van der Waals surface area (Å²) in [5.41, 5.74) is 1.08. The average molecular weight is 265 g/mol. The molecule has 0 atom stereocenters. The minimum Gasteiger partial charge on any atom is -0.490 e. The lowest BCUT2D eigenvalue weighted by atomic mass is 10.1. The van der Waals surface area contributed by atoms with Crippen LogP contribution in [0.2, 0.25) is 0 Å². The number of nitrogens with one attached hydrogen (secondary N) is 1. The maximum Gasteiger partial charge on any atom is 0.163 e. The van der Waals surface area contributed by atoms with E-state index in [0.717, 1.165) is 43.2 Å². The largest absolute Gasteiger partial charge is 0.490 e. The van der Waals surface area contributed by atoms with Crippen LogP contribution in [-0.2, 0) is 4.74 Å². The van der Waals surface area contributed by atoms with Crippen molar-refractivity contribution in [2.45, 2.75) is 32.7 Å². The molecular weight excluding hydrogens is 242 g/mol. The highest BCUT2D eigenvalue weighted by Gasteiger charge is 2.14. The van der Waals surface area contributed by atoms with Crippen molar-refractivity contribution in [2.24, 2.45) is 0 Å². The molecule has 1 N–H and O–H groups in total. The molecule has 1 aliphatic heterocycles. The Bertz CT molecular complexity index is 389. The molecule has 0 saturated carbocycles. The van der Waals surface area contributed by atoms with Crippen LogP contribution in [0.5, 0.6) is 11.5 Å². The Morgan fingerprint density at radius 1 is 1.11 bits per heavy atom. The zero-order valence-corrected chi connectivity index (χ0v) is 11.8. The first-order valence-corrected chi connectivity index (χ1v) is 7.07. The first kappa shape index (κ1) is 14.0. The van der Waals surface area contributed by atoms with Gasteiger partial charge < -0.3 is 19.5 Å². The Balaban J connectivity index is 2.05. The normalized spacial score (nSPS) is 16.1. The number of hydrogen-bond acceptors (Lipinski definition) is 4. The Hall–Kier alpha value is -1.42. The van der Waals surface area contributed by atoms with Crippen LogP contribution >= 0.6 is 0 Å². The lowest BCUT2D eigenvalue weighted by Gasteiger charge is -2.24. The molecule has 0 unspecified atom stereocenters. The summed E-state index contributed by atoms with van der Waals surface area (Å²) in [6.07, 6.45) is 2.11. The van der Waals surface area contributed by atoms with E-state index < -0.39 is 0 Å². The summed E-state index contributed by atoms with van der Waals surface area (Å²) in [5.74, 6) is 1.61. The third-order valence-electron chi connectivity index (χ3n) is 3.14. The lowest BCUT2D eigenvalue weighted by molar-refractivity contribution is 0.0904. The summed E-state index contributed by atoms with van der Waals surface area (Å²) < 4.78 is 16.6. The van der Waals surface area contributed by atoms with Gasteiger partial charge in [0, 0.05) is 31.0 Å². The number of ether oxygens (including phenoxy) is 3. The van der Waals surface area contributed by atoms with Gasteiger partial charge in [-0.2, -0.15) is 0 Å². The van der Waals surface area contributed by atoms with Gasteiger partial charge in [-0.25, -0.2) is 0 Å². The van der Waals surface area contributed by atoms with Gasteiger partial charge >= 0.3 is 0 Å². The Kier molecular flexibility index (Phi) is 5.33. The highest BCUT2D eigenvalue weighted by atomic mass is 16.5. The quantitative estimate of drug-likeness (QED) is 0.858. The van der Waals surface area contributed by atoms with E-state index >= 15 is 0 Å². The van der Waals surface area contributed by atoms with Crippen molar-refractivity contribution in [3.63, 3.8) is 0 Å². The van der Waals surface area contributed by atoms with Crippen molar-refractivity contribution in [3.8, 4) is 11.5 Å². The summed E-state index contributed by atoms with van der Waals surface area (Å²) in [6.45, 7) is 6.92. The van der Waals surface area contributed by atoms with Gasteiger partial charge in [-0.05, 0) is 38.8 Å². The summed E-state index contributed by atoms with van der Waals surface area (Å²) in [5, 5.41) is 3.53. The van der Waals surface area contributed by atoms with E-state index in [0.29, 0.717) is 19.3 Å². The Morgan fingerprint density at radius 2 is 1.79 bits per heavy atom. The first-order chi connectivity index (χ1) is 9.33. The summed E-state index contributed by atoms with van der Waals surface area (Å²) in [6, 6.07) is 6.52. The van der Waals surface area contributed by atoms with E-state index in [4.69, 9.17) is 14.2 Å². The van der Waals surface area contributed by atoms with E-state index in [-0.39, 0.29) is 0 Å². The molecule has 4 nitrogen and oxygen atoms in total. The smallest absolute Gasteiger partial charge is 0.163 e. The van der Waals surface area contributed by atoms with E-state index in [1.165, 1.54) is 0 Å². The molecule has 0 aromatic heterocycles. The molecule has 1 saturated heterocycles. The van der Waals surface area contributed by atoms with Crippen LogP contribution in [0.1, 0.15) is 26.7 Å². The number of hydrogen-bond donors (Lipinski definition) is 1. The van der Waals surface area contributed by atoms with Crippen LogP contribution in [0.15, 0.2) is 18.2 Å². The lowest BCUT2D eigenvalue weighted by Crippen LogP contribution is -2.27. The molecule has 1 aromatic carbocycles. The third kappa shape index (κ3) is 4.03. The van der Waals surface area contributed by atoms with E-state index in [2.05, 4.69) is 5.32 Å². The van der Waals surface area contributed by atoms with Crippen molar-refractivity contribution < 1.29 is 14.2 Å². The van der Waals surface area contributed by atoms with Crippen LogP contribution in [0.3, 0.4) is 0 Å². The second kappa shape index (κ2) is 7.24. The van der Waals surface area contributed by atoms with Gasteiger partial charge in [-0.1, -0.05) is 0 Å². The molecule has 19 heavy (non-hydrogen) atoms. The van der Waals surface area contributed by atoms with E-state index in [1.807, 2.05) is 32.0 Å². The van der Waals surface area contributed by atoms with Crippen LogP contribution < -0.4 is 14.8 Å². The van der Waals surface area contributed by atoms with Crippen LogP contribution in [-0.4, -0.2) is 32.5 Å². The van der Waals surface area contributed by atoms with Crippen LogP contribution in [0.4, 0.5) is 5.69 Å². The monoisotopic (exact) mass is 265 g/mol. The molecular formula is C15H23NO3. The fourth-order valence-electron chi connectivity index (χ4n) is 2.22. The highest BCUT2D eigenvalue weighted by Crippen LogP contribution is 2.31. The first-order valence-electron chi connectivity index (χ1n) is 7.07. The molecule has 1 heterocycles. The molecule has 0 bridgehead atoms. The van der Waals surface area contributed by atoms with E-state index in [1.54, 1.807) is 0 Å². The molecule has 106 valence electrons. The molecule has 0 radical (unpaired) electrons. The minimum absolute atomic E-state index is 0.487. The zero-order valence-electron chi connectivity index (χ0n) is 11.8. The number of rotatable bonds is 6.